The van der Waals surface area contributed by atoms with Gasteiger partial charge in [-0.25, -0.2) is 0 Å². The number of aryl methyl sites for hydroxylation is 14. The van der Waals surface area contributed by atoms with Gasteiger partial charge in [-0.2, -0.15) is 0 Å². The van der Waals surface area contributed by atoms with Gasteiger partial charge in [-0.15, -0.1) is 0 Å². The van der Waals surface area contributed by atoms with Gasteiger partial charge in [0.05, 0.1) is 0 Å². The lowest BCUT2D eigenvalue weighted by molar-refractivity contribution is 0.398. The maximum Gasteiger partial charge on any atom is 0.0215 e. The van der Waals surface area contributed by atoms with Gasteiger partial charge in [-0.3, -0.25) is 0 Å². The Morgan fingerprint density at radius 3 is 0.700 bits per heavy atom. The van der Waals surface area contributed by atoms with Gasteiger partial charge in [0.1, 0.15) is 0 Å². The van der Waals surface area contributed by atoms with Crippen LogP contribution in [-0.4, -0.2) is 0 Å². The van der Waals surface area contributed by atoms with Crippen LogP contribution in [0, 0.1) is 69.2 Å². The van der Waals surface area contributed by atoms with Crippen LogP contribution >= 0.6 is 0 Å². The molecule has 11 aromatic carbocycles. The molecule has 0 unspecified atom stereocenters. The third-order valence-corrected chi connectivity index (χ3v) is 32.6. The van der Waals surface area contributed by atoms with Crippen LogP contribution in [0.25, 0.3) is 89.0 Å². The second-order valence-corrected chi connectivity index (χ2v) is 44.4. The topological polar surface area (TPSA) is 0 Å². The molecule has 0 heteroatoms. The number of rotatable bonds is 60. The first-order chi connectivity index (χ1) is 68.3. The van der Waals surface area contributed by atoms with Gasteiger partial charge in [0.2, 0.25) is 0 Å². The Balaban J connectivity index is 0.000000205. The van der Waals surface area contributed by atoms with Gasteiger partial charge < -0.3 is 0 Å². The highest BCUT2D eigenvalue weighted by atomic mass is 14.5. The number of fused-ring (bicyclic) bond motifs is 6. The lowest BCUT2D eigenvalue weighted by Gasteiger charge is -2.33. The van der Waals surface area contributed by atoms with Gasteiger partial charge >= 0.3 is 0 Å². The summed E-state index contributed by atoms with van der Waals surface area (Å²) >= 11 is 0. The van der Waals surface area contributed by atoms with Crippen LogP contribution in [-0.2, 0) is 36.5 Å². The molecule has 0 saturated heterocycles. The Morgan fingerprint density at radius 1 is 0.143 bits per heavy atom. The van der Waals surface area contributed by atoms with Crippen LogP contribution in [0.3, 0.4) is 0 Å². The number of hydrogen-bond donors (Lipinski definition) is 0. The summed E-state index contributed by atoms with van der Waals surface area (Å²) in [6.45, 7) is 41.2. The molecule has 2 aliphatic carbocycles. The van der Waals surface area contributed by atoms with Gasteiger partial charge in [-0.1, -0.05) is 535 Å². The molecule has 2 aliphatic rings. The largest absolute Gasteiger partial charge is 0.0654 e. The van der Waals surface area contributed by atoms with Gasteiger partial charge in [0, 0.05) is 10.8 Å². The van der Waals surface area contributed by atoms with E-state index in [1.165, 1.54) is 485 Å². The molecule has 0 fully saturated rings. The average Bonchev–Trinajstić information content (AvgIpc) is 1.56. The highest BCUT2D eigenvalue weighted by Gasteiger charge is 2.44. The third-order valence-electron chi connectivity index (χ3n) is 32.6. The molecule has 0 aliphatic heterocycles. The van der Waals surface area contributed by atoms with E-state index in [0.717, 1.165) is 6.42 Å². The van der Waals surface area contributed by atoms with Crippen molar-refractivity contribution in [3.05, 3.63) is 294 Å². The zero-order chi connectivity index (χ0) is 99.4. The molecular formula is C140H194. The van der Waals surface area contributed by atoms with E-state index < -0.39 is 0 Å². The second-order valence-electron chi connectivity index (χ2n) is 44.4. The molecule has 0 spiro atoms. The fourth-order valence-corrected chi connectivity index (χ4v) is 24.3. The summed E-state index contributed by atoms with van der Waals surface area (Å²) in [5, 5.41) is 0. The van der Waals surface area contributed by atoms with E-state index in [1.54, 1.807) is 44.5 Å². The first-order valence-electron chi connectivity index (χ1n) is 58.5. The fourth-order valence-electron chi connectivity index (χ4n) is 24.3. The zero-order valence-corrected chi connectivity index (χ0v) is 92.7. The van der Waals surface area contributed by atoms with Crippen molar-refractivity contribution < 1.29 is 0 Å². The third kappa shape index (κ3) is 31.7. The molecule has 0 atom stereocenters. The highest BCUT2D eigenvalue weighted by molar-refractivity contribution is 5.88. The molecule has 0 N–H and O–H groups in total. The first kappa shape index (κ1) is 112. The van der Waals surface area contributed by atoms with E-state index in [4.69, 9.17) is 0 Å². The molecule has 0 radical (unpaired) electrons. The second kappa shape index (κ2) is 59.6. The van der Waals surface area contributed by atoms with Gasteiger partial charge in [0.15, 0.2) is 0 Å². The molecule has 11 aromatic rings. The van der Waals surface area contributed by atoms with Crippen LogP contribution in [0.4, 0.5) is 0 Å². The first-order valence-corrected chi connectivity index (χ1v) is 58.5. The van der Waals surface area contributed by atoms with Crippen LogP contribution in [0.1, 0.15) is 477 Å². The van der Waals surface area contributed by atoms with Crippen LogP contribution in [0.2, 0.25) is 0 Å². The molecule has 0 nitrogen and oxygen atoms in total. The molecule has 0 heterocycles. The van der Waals surface area contributed by atoms with E-state index in [-0.39, 0.29) is 10.8 Å². The summed E-state index contributed by atoms with van der Waals surface area (Å²) in [7, 11) is 0. The minimum absolute atomic E-state index is 0.109. The predicted molar refractivity (Wildman–Crippen MR) is 623 cm³/mol. The van der Waals surface area contributed by atoms with Gasteiger partial charge in [-0.05, 0) is 320 Å². The molecule has 0 bridgehead atoms. The molecular weight excluding hydrogens is 1680 g/mol. The van der Waals surface area contributed by atoms with Crippen molar-refractivity contribution in [2.24, 2.45) is 0 Å². The zero-order valence-electron chi connectivity index (χ0n) is 92.7. The van der Waals surface area contributed by atoms with E-state index in [0.29, 0.717) is 0 Å². The maximum atomic E-state index is 2.67. The smallest absolute Gasteiger partial charge is 0.0215 e. The molecule has 754 valence electrons. The SMILES string of the molecule is CCCCCCCCC1(CCCCCCCC)c2cc(C)ccc2-c2ccc(-c3ccc(-c4ccc(C)cc4C)c(C)c3)cc21.CCCCCCCCC1(CCCCCCCC)c2cc(C)ccc2-c2ccc(-c3ccc(-c4ccc(C)cc4CCCCCCC)c(CCCCCCC)c3)cc21.CCCCCCCCc1cc(-c2ccc(-c3ccc(C)cc3C)c(C)c2)c(CCCCCCCC)cc1C. The van der Waals surface area contributed by atoms with E-state index in [1.807, 2.05) is 0 Å². The van der Waals surface area contributed by atoms with Crippen LogP contribution in [0.5, 0.6) is 0 Å². The van der Waals surface area contributed by atoms with Crippen molar-refractivity contribution in [2.75, 3.05) is 0 Å². The Bertz CT molecular complexity index is 5510. The quantitative estimate of drug-likeness (QED) is 0.0333. The normalized spacial score (nSPS) is 12.6. The van der Waals surface area contributed by atoms with E-state index >= 15 is 0 Å². The summed E-state index contributed by atoms with van der Waals surface area (Å²) in [6.07, 6.45) is 71.9. The van der Waals surface area contributed by atoms with E-state index in [2.05, 4.69) is 319 Å². The lowest BCUT2D eigenvalue weighted by atomic mass is 9.70. The minimum atomic E-state index is 0.109. The molecule has 0 amide bonds. The predicted octanol–water partition coefficient (Wildman–Crippen LogP) is 44.5. The molecule has 0 aromatic heterocycles. The number of benzene rings is 11. The molecule has 13 rings (SSSR count). The van der Waals surface area contributed by atoms with Crippen molar-refractivity contribution >= 4 is 0 Å². The summed E-state index contributed by atoms with van der Waals surface area (Å²) in [6, 6.07) is 77.7. The van der Waals surface area contributed by atoms with Gasteiger partial charge in [0.25, 0.3) is 0 Å². The van der Waals surface area contributed by atoms with Crippen LogP contribution < -0.4 is 0 Å². The van der Waals surface area contributed by atoms with Crippen molar-refractivity contribution in [3.63, 3.8) is 0 Å². The maximum absolute atomic E-state index is 2.67. The Labute approximate surface area is 859 Å². The standard InChI is InChI=1S/C57H82.C45H58.C38H54/c1-7-11-15-19-23-27-39-57(40-28-24-20-16-12-8-2)55-42-46(6)32-36-53(55)54-38-34-48(44-56(54)57)47-33-37-52(50(43-47)30-26-22-18-14-10-4)51-35-31-45(5)41-49(51)29-25-21-17-13-9-3;1-7-9-11-13-15-17-27-45(28-18-16-14-12-10-8-2)43-30-34(4)20-24-41(43)42-26-22-38(32-44(42)45)37-21-25-40(36(6)31-37)39-23-19-33(3)29-35(39)5;1-7-9-11-13-15-17-19-33-28-38(34(26-30(33)4)20-18-16-14-12-10-8-2)35-22-24-37(32(6)27-35)36-23-21-29(3)25-31(36)5/h31-38,41-44H,7-30,39-40H2,1-6H3;19-26,29-32H,7-18,27-28H2,1-6H3;21-28H,7-20H2,1-6H3. The van der Waals surface area contributed by atoms with Crippen molar-refractivity contribution in [1.82, 2.24) is 0 Å². The Kier molecular flexibility index (Phi) is 47.6. The Morgan fingerprint density at radius 2 is 0.364 bits per heavy atom. The number of hydrogen-bond acceptors (Lipinski definition) is 0. The molecule has 140 heavy (non-hydrogen) atoms. The van der Waals surface area contributed by atoms with Crippen LogP contribution in [0.15, 0.2) is 194 Å². The van der Waals surface area contributed by atoms with Crippen molar-refractivity contribution in [2.45, 2.75) is 482 Å². The summed E-state index contributed by atoms with van der Waals surface area (Å²) in [4.78, 5) is 0. The highest BCUT2D eigenvalue weighted by Crippen LogP contribution is 2.58. The summed E-state index contributed by atoms with van der Waals surface area (Å²) in [5.74, 6) is 0. The average molecular weight is 1880 g/mol. The minimum Gasteiger partial charge on any atom is -0.0654 e. The van der Waals surface area contributed by atoms with E-state index in [9.17, 15) is 0 Å². The van der Waals surface area contributed by atoms with Crippen molar-refractivity contribution in [1.29, 1.82) is 0 Å². The fraction of sp³-hybridized carbons (Fsp3) is 0.529. The number of unbranched alkanes of at least 4 members (excludes halogenated alkanes) is 38. The lowest BCUT2D eigenvalue weighted by Crippen LogP contribution is -2.25. The Hall–Kier alpha value is -8.58. The molecule has 0 saturated carbocycles. The summed E-state index contributed by atoms with van der Waals surface area (Å²) in [5.41, 5.74) is 49.4. The van der Waals surface area contributed by atoms with Crippen molar-refractivity contribution in [3.8, 4) is 89.0 Å². The summed E-state index contributed by atoms with van der Waals surface area (Å²) < 4.78 is 0. The monoisotopic (exact) mass is 1880 g/mol.